The molecule has 9 heavy (non-hydrogen) atoms. The van der Waals surface area contributed by atoms with E-state index < -0.39 is 10.7 Å². The van der Waals surface area contributed by atoms with Gasteiger partial charge in [-0.1, -0.05) is 6.58 Å². The Balaban J connectivity index is 4.13. The molecular formula is C5H10NO3+. The minimum Gasteiger partial charge on any atom is -0.219 e. The maximum absolute atomic E-state index is 10.4. The molecule has 0 fully saturated rings. The van der Waals surface area contributed by atoms with Gasteiger partial charge in [0, 0.05) is 10.9 Å². The first-order chi connectivity index (χ1) is 4.04. The van der Waals surface area contributed by atoms with Gasteiger partial charge in [0.2, 0.25) is 0 Å². The van der Waals surface area contributed by atoms with E-state index in [2.05, 4.69) is 6.58 Å². The number of hydrogen-bond donors (Lipinski definition) is 2. The number of nitrogens with zero attached hydrogens (tertiary/aromatic N) is 1. The van der Waals surface area contributed by atoms with Gasteiger partial charge in [-0.05, 0) is 6.92 Å². The van der Waals surface area contributed by atoms with Crippen LogP contribution in [0.4, 0.5) is 0 Å². The molecule has 0 atom stereocenters. The molecule has 4 nitrogen and oxygen atoms in total. The molecule has 0 aliphatic rings. The van der Waals surface area contributed by atoms with Crippen LogP contribution in [0.1, 0.15) is 6.92 Å². The van der Waals surface area contributed by atoms with Crippen LogP contribution in [0, 0.1) is 0 Å². The van der Waals surface area contributed by atoms with Crippen molar-refractivity contribution in [3.05, 3.63) is 12.7 Å². The normalized spacial score (nSPS) is 11.0. The second-order valence-electron chi connectivity index (χ2n) is 1.59. The van der Waals surface area contributed by atoms with Crippen LogP contribution in [0.5, 0.6) is 0 Å². The second-order valence-corrected chi connectivity index (χ2v) is 1.59. The van der Waals surface area contributed by atoms with Crippen molar-refractivity contribution in [3.8, 4) is 0 Å². The van der Waals surface area contributed by atoms with Crippen molar-refractivity contribution in [1.29, 1.82) is 0 Å². The standard InChI is InChI=1S/C5H10NO3/c1-3-5(7)6(8,9)4-2/h3,8-9H,1,4H2,2H3/q+1. The Hall–Kier alpha value is -0.710. The van der Waals surface area contributed by atoms with Crippen molar-refractivity contribution in [1.82, 2.24) is 0 Å². The fraction of sp³-hybridized carbons (Fsp3) is 0.400. The van der Waals surface area contributed by atoms with E-state index in [4.69, 9.17) is 10.4 Å². The van der Waals surface area contributed by atoms with Crippen molar-refractivity contribution in [3.63, 3.8) is 0 Å². The third kappa shape index (κ3) is 1.93. The molecule has 0 saturated heterocycles. The van der Waals surface area contributed by atoms with Gasteiger partial charge in [0.15, 0.2) is 0 Å². The SMILES string of the molecule is C=CC(=O)[N+](O)(O)CC. The summed E-state index contributed by atoms with van der Waals surface area (Å²) in [7, 11) is 0. The molecule has 0 spiro atoms. The van der Waals surface area contributed by atoms with Gasteiger partial charge in [-0.2, -0.15) is 10.4 Å². The molecule has 4 heteroatoms. The molecule has 0 heterocycles. The first-order valence-corrected chi connectivity index (χ1v) is 2.55. The average Bonchev–Trinajstić information content (AvgIpc) is 1.86. The van der Waals surface area contributed by atoms with Gasteiger partial charge in [-0.25, -0.2) is 4.79 Å². The van der Waals surface area contributed by atoms with E-state index in [-0.39, 0.29) is 6.54 Å². The number of quaternary nitrogens is 1. The first kappa shape index (κ1) is 8.29. The van der Waals surface area contributed by atoms with Crippen LogP contribution in [0.2, 0.25) is 0 Å². The quantitative estimate of drug-likeness (QED) is 0.246. The number of hydroxylamine groups is 4. The number of likely N-dealkylation sites (N-methyl/N-ethyl adjacent to an activating group) is 1. The molecule has 52 valence electrons. The highest BCUT2D eigenvalue weighted by molar-refractivity contribution is 5.79. The molecule has 0 unspecified atom stereocenters. The predicted octanol–water partition coefficient (Wildman–Crippen LogP) is 0.314. The number of carbonyl (C=O) groups is 1. The average molecular weight is 132 g/mol. The summed E-state index contributed by atoms with van der Waals surface area (Å²) < 4.78 is 0. The molecule has 0 aromatic heterocycles. The lowest BCUT2D eigenvalue weighted by atomic mass is 10.5. The number of rotatable bonds is 2. The lowest BCUT2D eigenvalue weighted by molar-refractivity contribution is -1.19. The van der Waals surface area contributed by atoms with Crippen molar-refractivity contribution >= 4 is 5.91 Å². The largest absolute Gasteiger partial charge is 0.402 e. The predicted molar refractivity (Wildman–Crippen MR) is 29.6 cm³/mol. The summed E-state index contributed by atoms with van der Waals surface area (Å²) in [6.45, 7) is 4.48. The second kappa shape index (κ2) is 2.72. The Morgan fingerprint density at radius 2 is 2.22 bits per heavy atom. The Kier molecular flexibility index (Phi) is 2.51. The van der Waals surface area contributed by atoms with Crippen molar-refractivity contribution < 1.29 is 20.0 Å². The molecule has 0 bridgehead atoms. The summed E-state index contributed by atoms with van der Waals surface area (Å²) in [6.07, 6.45) is 0.865. The van der Waals surface area contributed by atoms with Crippen LogP contribution in [0.3, 0.4) is 0 Å². The zero-order valence-electron chi connectivity index (χ0n) is 5.24. The molecule has 0 radical (unpaired) electrons. The van der Waals surface area contributed by atoms with Crippen LogP contribution in [0.25, 0.3) is 0 Å². The van der Waals surface area contributed by atoms with Crippen LogP contribution in [-0.4, -0.2) is 27.7 Å². The minimum absolute atomic E-state index is 0.0785. The maximum atomic E-state index is 10.4. The maximum Gasteiger partial charge on any atom is 0.402 e. The summed E-state index contributed by atoms with van der Waals surface area (Å²) in [5.41, 5.74) is 0. The highest BCUT2D eigenvalue weighted by Crippen LogP contribution is 1.95. The molecule has 0 aromatic carbocycles. The van der Waals surface area contributed by atoms with E-state index in [0.717, 1.165) is 6.08 Å². The third-order valence-electron chi connectivity index (χ3n) is 0.969. The molecule has 1 amide bonds. The van der Waals surface area contributed by atoms with Crippen LogP contribution < -0.4 is 0 Å². The molecular weight excluding hydrogens is 122 g/mol. The third-order valence-corrected chi connectivity index (χ3v) is 0.969. The van der Waals surface area contributed by atoms with E-state index in [0.29, 0.717) is 0 Å². The molecule has 0 saturated carbocycles. The molecule has 0 aromatic rings. The van der Waals surface area contributed by atoms with Crippen molar-refractivity contribution in [2.24, 2.45) is 0 Å². The van der Waals surface area contributed by atoms with Gasteiger partial charge in [-0.15, -0.1) is 0 Å². The highest BCUT2D eigenvalue weighted by atomic mass is 16.8. The Labute approximate surface area is 53.1 Å². The number of hydrogen-bond acceptors (Lipinski definition) is 3. The van der Waals surface area contributed by atoms with Gasteiger partial charge >= 0.3 is 5.91 Å². The summed E-state index contributed by atoms with van der Waals surface area (Å²) in [5.74, 6) is -0.822. The summed E-state index contributed by atoms with van der Waals surface area (Å²) >= 11 is 0. The van der Waals surface area contributed by atoms with Gasteiger partial charge in [-0.3, -0.25) is 0 Å². The van der Waals surface area contributed by atoms with Crippen LogP contribution in [0.15, 0.2) is 12.7 Å². The van der Waals surface area contributed by atoms with Crippen molar-refractivity contribution in [2.45, 2.75) is 6.92 Å². The van der Waals surface area contributed by atoms with Gasteiger partial charge < -0.3 is 0 Å². The van der Waals surface area contributed by atoms with E-state index in [9.17, 15) is 4.79 Å². The van der Waals surface area contributed by atoms with Gasteiger partial charge in [0.05, 0.1) is 0 Å². The van der Waals surface area contributed by atoms with E-state index in [1.54, 1.807) is 0 Å². The molecule has 0 aliphatic heterocycles. The number of amides is 1. The Bertz CT molecular complexity index is 130. The molecule has 2 N–H and O–H groups in total. The summed E-state index contributed by atoms with van der Waals surface area (Å²) in [6, 6.07) is 0. The lowest BCUT2D eigenvalue weighted by Crippen LogP contribution is -2.45. The summed E-state index contributed by atoms with van der Waals surface area (Å²) in [4.78, 5) is 8.81. The van der Waals surface area contributed by atoms with Gasteiger partial charge in [0.25, 0.3) is 0 Å². The first-order valence-electron chi connectivity index (χ1n) is 2.55. The van der Waals surface area contributed by atoms with E-state index >= 15 is 0 Å². The highest BCUT2D eigenvalue weighted by Gasteiger charge is 2.28. The fourth-order valence-electron chi connectivity index (χ4n) is 0.302. The Morgan fingerprint density at radius 1 is 1.78 bits per heavy atom. The van der Waals surface area contributed by atoms with Crippen LogP contribution >= 0.6 is 0 Å². The van der Waals surface area contributed by atoms with E-state index in [1.165, 1.54) is 6.92 Å². The minimum atomic E-state index is -1.61. The fourth-order valence-corrected chi connectivity index (χ4v) is 0.302. The Morgan fingerprint density at radius 3 is 2.33 bits per heavy atom. The monoisotopic (exact) mass is 132 g/mol. The number of carbonyl (C=O) groups excluding carboxylic acids is 1. The molecule has 0 aliphatic carbocycles. The van der Waals surface area contributed by atoms with E-state index in [1.807, 2.05) is 0 Å². The van der Waals surface area contributed by atoms with Crippen LogP contribution in [-0.2, 0) is 4.79 Å². The van der Waals surface area contributed by atoms with Crippen molar-refractivity contribution in [2.75, 3.05) is 6.54 Å². The lowest BCUT2D eigenvalue weighted by Gasteiger charge is -2.13. The zero-order valence-corrected chi connectivity index (χ0v) is 5.24. The van der Waals surface area contributed by atoms with Gasteiger partial charge in [0.1, 0.15) is 6.54 Å². The summed E-state index contributed by atoms with van der Waals surface area (Å²) in [5, 5.41) is 17.3. The topological polar surface area (TPSA) is 57.5 Å². The molecule has 0 rings (SSSR count). The zero-order chi connectivity index (χ0) is 7.49. The smallest absolute Gasteiger partial charge is 0.219 e.